The number of amides is 1. The molecule has 1 amide bonds. The molecule has 0 N–H and O–H groups in total. The molecule has 0 aliphatic carbocycles. The second-order valence-electron chi connectivity index (χ2n) is 10.6. The summed E-state index contributed by atoms with van der Waals surface area (Å²) in [5.74, 6) is 0.407. The van der Waals surface area contributed by atoms with Crippen molar-refractivity contribution in [2.75, 3.05) is 26.2 Å². The van der Waals surface area contributed by atoms with Gasteiger partial charge in [0.15, 0.2) is 12.1 Å². The van der Waals surface area contributed by atoms with E-state index in [9.17, 15) is 31.1 Å². The Morgan fingerprint density at radius 1 is 1.00 bits per heavy atom. The van der Waals surface area contributed by atoms with Gasteiger partial charge in [-0.05, 0) is 49.1 Å². The van der Waals surface area contributed by atoms with Crippen molar-refractivity contribution in [2.45, 2.75) is 63.6 Å². The van der Waals surface area contributed by atoms with E-state index < -0.39 is 41.9 Å². The van der Waals surface area contributed by atoms with Gasteiger partial charge in [0.2, 0.25) is 5.91 Å². The van der Waals surface area contributed by atoms with Crippen LogP contribution in [0.2, 0.25) is 0 Å². The van der Waals surface area contributed by atoms with E-state index in [-0.39, 0.29) is 37.2 Å². The number of nitrogens with zero attached hydrogens (tertiary/aromatic N) is 5. The Hall–Kier alpha value is -3.49. The van der Waals surface area contributed by atoms with Crippen LogP contribution in [0.4, 0.5) is 26.3 Å². The topological polar surface area (TPSA) is 72.7 Å². The molecular weight excluding hydrogens is 580 g/mol. The Labute approximate surface area is 244 Å². The molecule has 14 heteroatoms. The number of carbonyl (C=O) groups excluding carboxylic acids is 1. The smallest absolute Gasteiger partial charge is 0.349 e. The molecule has 0 radical (unpaired) electrons. The van der Waals surface area contributed by atoms with Crippen LogP contribution in [0, 0.1) is 0 Å². The number of hydrogen-bond donors (Lipinski definition) is 0. The maximum absolute atomic E-state index is 13.5. The molecule has 0 bridgehead atoms. The van der Waals surface area contributed by atoms with E-state index >= 15 is 0 Å². The molecule has 2 aromatic carbocycles. The van der Waals surface area contributed by atoms with Crippen LogP contribution in [0.3, 0.4) is 0 Å². The molecule has 5 rings (SSSR count). The molecule has 2 fully saturated rings. The van der Waals surface area contributed by atoms with Crippen LogP contribution in [0.25, 0.3) is 0 Å². The monoisotopic (exact) mass is 611 g/mol. The third kappa shape index (κ3) is 7.54. The highest BCUT2D eigenvalue weighted by atomic mass is 19.4. The highest BCUT2D eigenvalue weighted by molar-refractivity contribution is 5.76. The summed E-state index contributed by atoms with van der Waals surface area (Å²) < 4.78 is 94.3. The maximum atomic E-state index is 13.5. The molecule has 232 valence electrons. The first-order valence-corrected chi connectivity index (χ1v) is 13.9. The minimum absolute atomic E-state index is 0.0341. The van der Waals surface area contributed by atoms with Gasteiger partial charge in [-0.15, -0.1) is 0 Å². The highest BCUT2D eigenvalue weighted by Crippen LogP contribution is 2.39. The largest absolute Gasteiger partial charge is 0.416 e. The standard InChI is InChI=1S/C29H31F6N5O3/c1-19(21-13-22(28(30,31)32)15-23(14-21)29(33,34)35)43-27-26(20-7-3-2-4-8-20)39(11-12-42-27)16-24-36-18-40(37-24)17-25(41)38-9-5-6-10-38/h2-4,7-8,13-15,18-19,26-27H,5-6,9-12,16-17H2,1H3/t19-,26+,27-/m1/s1. The fourth-order valence-electron chi connectivity index (χ4n) is 5.36. The van der Waals surface area contributed by atoms with Crippen molar-refractivity contribution in [3.8, 4) is 0 Å². The van der Waals surface area contributed by atoms with Crippen molar-refractivity contribution in [2.24, 2.45) is 0 Å². The first-order valence-electron chi connectivity index (χ1n) is 13.9. The Morgan fingerprint density at radius 3 is 2.28 bits per heavy atom. The van der Waals surface area contributed by atoms with E-state index in [2.05, 4.69) is 10.1 Å². The second kappa shape index (κ2) is 12.6. The predicted octanol–water partition coefficient (Wildman–Crippen LogP) is 5.62. The zero-order valence-corrected chi connectivity index (χ0v) is 23.3. The zero-order valence-electron chi connectivity index (χ0n) is 23.3. The number of carbonyl (C=O) groups is 1. The molecule has 2 aliphatic heterocycles. The van der Waals surface area contributed by atoms with Crippen molar-refractivity contribution < 1.29 is 40.6 Å². The van der Waals surface area contributed by atoms with E-state index in [0.717, 1.165) is 31.5 Å². The number of halogens is 6. The quantitative estimate of drug-likeness (QED) is 0.308. The van der Waals surface area contributed by atoms with Gasteiger partial charge in [0.1, 0.15) is 12.9 Å². The van der Waals surface area contributed by atoms with E-state index in [1.165, 1.54) is 17.9 Å². The van der Waals surface area contributed by atoms with Crippen LogP contribution in [0.15, 0.2) is 54.9 Å². The number of morpholine rings is 1. The summed E-state index contributed by atoms with van der Waals surface area (Å²) in [6.45, 7) is 3.76. The third-order valence-electron chi connectivity index (χ3n) is 7.56. The first-order chi connectivity index (χ1) is 20.4. The Balaban J connectivity index is 1.36. The van der Waals surface area contributed by atoms with Crippen LogP contribution in [-0.2, 0) is 39.7 Å². The van der Waals surface area contributed by atoms with Crippen LogP contribution < -0.4 is 0 Å². The summed E-state index contributed by atoms with van der Waals surface area (Å²) in [7, 11) is 0. The first kappa shape index (κ1) is 31.0. The van der Waals surface area contributed by atoms with Crippen LogP contribution in [0.5, 0.6) is 0 Å². The molecule has 0 spiro atoms. The average molecular weight is 612 g/mol. The molecule has 1 aromatic heterocycles. The minimum Gasteiger partial charge on any atom is -0.349 e. The molecule has 8 nitrogen and oxygen atoms in total. The Bertz CT molecular complexity index is 1360. The van der Waals surface area contributed by atoms with Gasteiger partial charge in [-0.3, -0.25) is 9.69 Å². The number of ether oxygens (including phenoxy) is 2. The fourth-order valence-corrected chi connectivity index (χ4v) is 5.36. The number of hydrogen-bond acceptors (Lipinski definition) is 6. The van der Waals surface area contributed by atoms with Crippen molar-refractivity contribution >= 4 is 5.91 Å². The Kier molecular flexibility index (Phi) is 9.09. The normalized spacial score (nSPS) is 20.9. The fraction of sp³-hybridized carbons (Fsp3) is 0.483. The molecule has 3 heterocycles. The molecule has 43 heavy (non-hydrogen) atoms. The number of aromatic nitrogens is 3. The minimum atomic E-state index is -4.98. The lowest BCUT2D eigenvalue weighted by molar-refractivity contribution is -0.231. The maximum Gasteiger partial charge on any atom is 0.416 e. The van der Waals surface area contributed by atoms with E-state index in [4.69, 9.17) is 9.47 Å². The summed E-state index contributed by atoms with van der Waals surface area (Å²) in [4.78, 5) is 20.7. The molecule has 3 atom stereocenters. The lowest BCUT2D eigenvalue weighted by Crippen LogP contribution is -2.46. The van der Waals surface area contributed by atoms with Crippen LogP contribution in [-0.4, -0.2) is 63.0 Å². The van der Waals surface area contributed by atoms with E-state index in [1.54, 1.807) is 4.90 Å². The summed E-state index contributed by atoms with van der Waals surface area (Å²) >= 11 is 0. The van der Waals surface area contributed by atoms with Gasteiger partial charge in [-0.1, -0.05) is 30.3 Å². The highest BCUT2D eigenvalue weighted by Gasteiger charge is 2.39. The SMILES string of the molecule is C[C@@H](O[C@H]1OCCN(Cc2ncn(CC(=O)N3CCCC3)n2)[C@H]1c1ccccc1)c1cc(C(F)(F)F)cc(C(F)(F)F)c1. The summed E-state index contributed by atoms with van der Waals surface area (Å²) in [6, 6.07) is 9.94. The zero-order chi connectivity index (χ0) is 30.8. The van der Waals surface area contributed by atoms with Gasteiger partial charge in [0, 0.05) is 19.6 Å². The van der Waals surface area contributed by atoms with Gasteiger partial charge in [-0.2, -0.15) is 31.4 Å². The van der Waals surface area contributed by atoms with Crippen molar-refractivity contribution in [1.82, 2.24) is 24.6 Å². The van der Waals surface area contributed by atoms with Gasteiger partial charge < -0.3 is 14.4 Å². The summed E-state index contributed by atoms with van der Waals surface area (Å²) in [5, 5.41) is 4.46. The van der Waals surface area contributed by atoms with Crippen molar-refractivity contribution in [3.63, 3.8) is 0 Å². The van der Waals surface area contributed by atoms with Gasteiger partial charge in [-0.25, -0.2) is 9.67 Å². The van der Waals surface area contributed by atoms with E-state index in [1.807, 2.05) is 35.2 Å². The lowest BCUT2D eigenvalue weighted by Gasteiger charge is -2.41. The van der Waals surface area contributed by atoms with Gasteiger partial charge in [0.25, 0.3) is 0 Å². The van der Waals surface area contributed by atoms with Crippen LogP contribution >= 0.6 is 0 Å². The molecule has 0 saturated carbocycles. The van der Waals surface area contributed by atoms with E-state index in [0.29, 0.717) is 24.5 Å². The van der Waals surface area contributed by atoms with Crippen molar-refractivity contribution in [3.05, 3.63) is 82.9 Å². The summed E-state index contributed by atoms with van der Waals surface area (Å²) in [5.41, 5.74) is -2.34. The molecule has 2 saturated heterocycles. The van der Waals surface area contributed by atoms with Crippen LogP contribution in [0.1, 0.15) is 60.0 Å². The molecular formula is C29H31F6N5O3. The Morgan fingerprint density at radius 2 is 1.65 bits per heavy atom. The third-order valence-corrected chi connectivity index (χ3v) is 7.56. The number of rotatable bonds is 8. The van der Waals surface area contributed by atoms with Gasteiger partial charge in [0.05, 0.1) is 36.4 Å². The summed E-state index contributed by atoms with van der Waals surface area (Å²) in [6.07, 6.45) is -8.71. The molecule has 3 aromatic rings. The van der Waals surface area contributed by atoms with Gasteiger partial charge >= 0.3 is 12.4 Å². The second-order valence-corrected chi connectivity index (χ2v) is 10.6. The number of alkyl halides is 6. The van der Waals surface area contributed by atoms with Crippen molar-refractivity contribution in [1.29, 1.82) is 0 Å². The molecule has 2 aliphatic rings. The predicted molar refractivity (Wildman–Crippen MR) is 141 cm³/mol. The number of benzene rings is 2. The number of likely N-dealkylation sites (tertiary alicyclic amines) is 1. The lowest BCUT2D eigenvalue weighted by atomic mass is 10.0. The molecule has 0 unspecified atom stereocenters. The average Bonchev–Trinajstić information content (AvgIpc) is 3.65.